The van der Waals surface area contributed by atoms with Gasteiger partial charge in [0, 0.05) is 25.0 Å². The molecule has 1 aliphatic rings. The van der Waals surface area contributed by atoms with Crippen LogP contribution in [0.3, 0.4) is 0 Å². The molecule has 2 aromatic rings. The number of carbonyl (C=O) groups excluding carboxylic acids is 1. The van der Waals surface area contributed by atoms with Crippen molar-refractivity contribution in [3.63, 3.8) is 0 Å². The number of hydrogen-bond acceptors (Lipinski definition) is 4. The van der Waals surface area contributed by atoms with Gasteiger partial charge in [-0.2, -0.15) is 0 Å². The molecule has 0 fully saturated rings. The Morgan fingerprint density at radius 1 is 1.39 bits per heavy atom. The largest absolute Gasteiger partial charge is 0.461 e. The Balaban J connectivity index is 1.81. The molecule has 0 N–H and O–H groups in total. The molecule has 2 heterocycles. The van der Waals surface area contributed by atoms with Crippen LogP contribution in [0.1, 0.15) is 28.5 Å². The summed E-state index contributed by atoms with van der Waals surface area (Å²) in [4.78, 5) is 18.0. The fraction of sp³-hybridized carbons (Fsp3) is 0.294. The molecule has 0 amide bonds. The summed E-state index contributed by atoms with van der Waals surface area (Å²) in [6.07, 6.45) is 2.45. The summed E-state index contributed by atoms with van der Waals surface area (Å²) in [5, 5.41) is 0.118. The van der Waals surface area contributed by atoms with Gasteiger partial charge in [-0.1, -0.05) is 11.6 Å². The second-order valence-electron chi connectivity index (χ2n) is 5.33. The van der Waals surface area contributed by atoms with Crippen LogP contribution in [0.2, 0.25) is 5.02 Å². The lowest BCUT2D eigenvalue weighted by Crippen LogP contribution is -2.30. The lowest BCUT2D eigenvalue weighted by Gasteiger charge is -2.30. The zero-order chi connectivity index (χ0) is 16.4. The molecule has 0 saturated carbocycles. The van der Waals surface area contributed by atoms with Gasteiger partial charge in [0.25, 0.3) is 0 Å². The highest BCUT2D eigenvalue weighted by Gasteiger charge is 2.20. The van der Waals surface area contributed by atoms with Gasteiger partial charge >= 0.3 is 5.97 Å². The fourth-order valence-corrected chi connectivity index (χ4v) is 2.78. The number of ether oxygens (including phenoxy) is 1. The minimum Gasteiger partial charge on any atom is -0.461 e. The number of esters is 1. The maximum absolute atomic E-state index is 13.6. The number of halogens is 2. The molecule has 1 aromatic carbocycles. The number of pyridine rings is 1. The zero-order valence-corrected chi connectivity index (χ0v) is 13.4. The van der Waals surface area contributed by atoms with Gasteiger partial charge in [-0.05, 0) is 48.7 Å². The third kappa shape index (κ3) is 3.29. The van der Waals surface area contributed by atoms with Crippen molar-refractivity contribution in [2.24, 2.45) is 0 Å². The summed E-state index contributed by atoms with van der Waals surface area (Å²) >= 11 is 5.73. The molecule has 23 heavy (non-hydrogen) atoms. The van der Waals surface area contributed by atoms with Crippen LogP contribution in [0, 0.1) is 5.82 Å². The summed E-state index contributed by atoms with van der Waals surface area (Å²) in [6, 6.07) is 6.58. The highest BCUT2D eigenvalue weighted by atomic mass is 35.5. The number of anilines is 1. The van der Waals surface area contributed by atoms with E-state index in [1.807, 2.05) is 0 Å². The van der Waals surface area contributed by atoms with E-state index in [0.717, 1.165) is 29.8 Å². The van der Waals surface area contributed by atoms with E-state index < -0.39 is 11.8 Å². The third-order valence-electron chi connectivity index (χ3n) is 3.85. The van der Waals surface area contributed by atoms with Crippen molar-refractivity contribution in [3.05, 3.63) is 58.1 Å². The first-order valence-electron chi connectivity index (χ1n) is 7.43. The molecule has 1 aromatic heterocycles. The summed E-state index contributed by atoms with van der Waals surface area (Å²) in [5.74, 6) is -0.830. The molecule has 0 radical (unpaired) electrons. The van der Waals surface area contributed by atoms with Crippen molar-refractivity contribution in [1.29, 1.82) is 0 Å². The monoisotopic (exact) mass is 334 g/mol. The van der Waals surface area contributed by atoms with Crippen molar-refractivity contribution in [2.45, 2.75) is 19.9 Å². The molecule has 120 valence electrons. The lowest BCUT2D eigenvalue weighted by atomic mass is 10.0. The summed E-state index contributed by atoms with van der Waals surface area (Å²) in [7, 11) is 0. The van der Waals surface area contributed by atoms with Crippen LogP contribution in [-0.4, -0.2) is 24.1 Å². The number of carbonyl (C=O) groups is 1. The SMILES string of the molecule is CCOC(=O)c1cc2c(cn1)CN(c1ccc(Cl)c(F)c1)CC2. The van der Waals surface area contributed by atoms with Crippen LogP contribution < -0.4 is 4.90 Å². The number of rotatable bonds is 3. The van der Waals surface area contributed by atoms with Crippen molar-refractivity contribution < 1.29 is 13.9 Å². The van der Waals surface area contributed by atoms with Gasteiger partial charge in [0.1, 0.15) is 11.5 Å². The maximum Gasteiger partial charge on any atom is 0.356 e. The highest BCUT2D eigenvalue weighted by Crippen LogP contribution is 2.27. The minimum atomic E-state index is -0.425. The fourth-order valence-electron chi connectivity index (χ4n) is 2.66. The van der Waals surface area contributed by atoms with Gasteiger partial charge in [-0.25, -0.2) is 14.2 Å². The molecule has 4 nitrogen and oxygen atoms in total. The lowest BCUT2D eigenvalue weighted by molar-refractivity contribution is 0.0519. The van der Waals surface area contributed by atoms with Gasteiger partial charge < -0.3 is 9.64 Å². The molecule has 0 atom stereocenters. The van der Waals surface area contributed by atoms with Crippen molar-refractivity contribution in [2.75, 3.05) is 18.1 Å². The average Bonchev–Trinajstić information content (AvgIpc) is 2.56. The molecule has 1 aliphatic heterocycles. The number of benzene rings is 1. The van der Waals surface area contributed by atoms with Crippen LogP contribution in [0.4, 0.5) is 10.1 Å². The Kier molecular flexibility index (Phi) is 4.48. The van der Waals surface area contributed by atoms with E-state index in [2.05, 4.69) is 9.88 Å². The van der Waals surface area contributed by atoms with Crippen LogP contribution in [-0.2, 0) is 17.7 Å². The average molecular weight is 335 g/mol. The van der Waals surface area contributed by atoms with E-state index in [9.17, 15) is 9.18 Å². The van der Waals surface area contributed by atoms with Crippen LogP contribution in [0.5, 0.6) is 0 Å². The normalized spacial score (nSPS) is 13.6. The molecule has 0 saturated heterocycles. The van der Waals surface area contributed by atoms with E-state index in [1.54, 1.807) is 31.3 Å². The van der Waals surface area contributed by atoms with Gasteiger partial charge in [0.15, 0.2) is 0 Å². The smallest absolute Gasteiger partial charge is 0.356 e. The molecule has 0 aliphatic carbocycles. The number of aromatic nitrogens is 1. The molecule has 3 rings (SSSR count). The van der Waals surface area contributed by atoms with Gasteiger partial charge in [0.2, 0.25) is 0 Å². The summed E-state index contributed by atoms with van der Waals surface area (Å²) < 4.78 is 18.6. The van der Waals surface area contributed by atoms with Crippen LogP contribution in [0.15, 0.2) is 30.5 Å². The van der Waals surface area contributed by atoms with E-state index in [1.165, 1.54) is 6.07 Å². The third-order valence-corrected chi connectivity index (χ3v) is 4.15. The first kappa shape index (κ1) is 15.7. The quantitative estimate of drug-likeness (QED) is 0.804. The molecular weight excluding hydrogens is 319 g/mol. The van der Waals surface area contributed by atoms with Gasteiger partial charge in [-0.3, -0.25) is 0 Å². The number of fused-ring (bicyclic) bond motifs is 1. The number of nitrogens with zero attached hydrogens (tertiary/aromatic N) is 2. The highest BCUT2D eigenvalue weighted by molar-refractivity contribution is 6.30. The van der Waals surface area contributed by atoms with Gasteiger partial charge in [0.05, 0.1) is 11.6 Å². The Bertz CT molecular complexity index is 751. The standard InChI is InChI=1S/C17H16ClFN2O2/c1-2-23-17(22)16-7-11-5-6-21(10-12(11)9-20-16)13-3-4-14(18)15(19)8-13/h3-4,7-9H,2,5-6,10H2,1H3. The van der Waals surface area contributed by atoms with Crippen molar-refractivity contribution >= 4 is 23.3 Å². The minimum absolute atomic E-state index is 0.118. The molecule has 0 unspecified atom stereocenters. The Labute approximate surface area is 138 Å². The predicted molar refractivity (Wildman–Crippen MR) is 86.4 cm³/mol. The first-order valence-corrected chi connectivity index (χ1v) is 7.81. The van der Waals surface area contributed by atoms with Crippen molar-refractivity contribution in [1.82, 2.24) is 4.98 Å². The van der Waals surface area contributed by atoms with Crippen LogP contribution >= 0.6 is 11.6 Å². The summed E-state index contributed by atoms with van der Waals surface area (Å²) in [6.45, 7) is 3.44. The Morgan fingerprint density at radius 2 is 2.22 bits per heavy atom. The van der Waals surface area contributed by atoms with E-state index in [-0.39, 0.29) is 5.02 Å². The molecule has 0 bridgehead atoms. The second-order valence-corrected chi connectivity index (χ2v) is 5.74. The van der Waals surface area contributed by atoms with Gasteiger partial charge in [-0.15, -0.1) is 0 Å². The summed E-state index contributed by atoms with van der Waals surface area (Å²) in [5.41, 5.74) is 3.22. The molecular formula is C17H16ClFN2O2. The Morgan fingerprint density at radius 3 is 2.96 bits per heavy atom. The molecule has 0 spiro atoms. The predicted octanol–water partition coefficient (Wildman–Crippen LogP) is 3.61. The van der Waals surface area contributed by atoms with E-state index in [0.29, 0.717) is 18.8 Å². The van der Waals surface area contributed by atoms with E-state index in [4.69, 9.17) is 16.3 Å². The second kappa shape index (κ2) is 6.54. The Hall–Kier alpha value is -2.14. The topological polar surface area (TPSA) is 42.4 Å². The maximum atomic E-state index is 13.6. The van der Waals surface area contributed by atoms with Crippen LogP contribution in [0.25, 0.3) is 0 Å². The van der Waals surface area contributed by atoms with E-state index >= 15 is 0 Å². The van der Waals surface area contributed by atoms with Crippen molar-refractivity contribution in [3.8, 4) is 0 Å². The number of hydrogen-bond donors (Lipinski definition) is 0. The molecule has 6 heteroatoms. The zero-order valence-electron chi connectivity index (χ0n) is 12.7. The first-order chi connectivity index (χ1) is 11.1.